The summed E-state index contributed by atoms with van der Waals surface area (Å²) in [5.41, 5.74) is 0. The topological polar surface area (TPSA) is 37.8 Å². The Labute approximate surface area is 89.9 Å². The maximum Gasteiger partial charge on any atom is 0.129 e. The van der Waals surface area contributed by atoms with Crippen molar-refractivity contribution in [2.24, 2.45) is 5.92 Å². The minimum atomic E-state index is 0.157. The first kappa shape index (κ1) is 11.2. The molecule has 0 saturated carbocycles. The van der Waals surface area contributed by atoms with Crippen LogP contribution in [0.25, 0.3) is 0 Å². The smallest absolute Gasteiger partial charge is 0.129 e. The molecule has 0 fully saturated rings. The van der Waals surface area contributed by atoms with E-state index in [1.54, 1.807) is 6.20 Å². The van der Waals surface area contributed by atoms with Crippen molar-refractivity contribution in [1.82, 2.24) is 9.97 Å². The second kappa shape index (κ2) is 5.81. The number of halogens is 1. The van der Waals surface area contributed by atoms with Crippen molar-refractivity contribution in [3.63, 3.8) is 0 Å². The molecule has 0 aliphatic heterocycles. The second-order valence-electron chi connectivity index (χ2n) is 3.70. The van der Waals surface area contributed by atoms with Gasteiger partial charge in [0.2, 0.25) is 0 Å². The molecule has 4 heteroatoms. The molecule has 0 aromatic carbocycles. The number of anilines is 1. The fourth-order valence-corrected chi connectivity index (χ4v) is 1.64. The van der Waals surface area contributed by atoms with Gasteiger partial charge in [0.25, 0.3) is 0 Å². The Bertz CT molecular complexity index is 251. The number of nitrogens with one attached hydrogen (secondary N) is 1. The Morgan fingerprint density at radius 3 is 2.86 bits per heavy atom. The van der Waals surface area contributed by atoms with E-state index in [9.17, 15) is 0 Å². The van der Waals surface area contributed by atoms with E-state index in [4.69, 9.17) is 11.6 Å². The minimum absolute atomic E-state index is 0.157. The van der Waals surface area contributed by atoms with Crippen LogP contribution in [0.15, 0.2) is 18.6 Å². The predicted octanol–water partition coefficient (Wildman–Crippen LogP) is 2.54. The van der Waals surface area contributed by atoms with Crippen molar-refractivity contribution in [1.29, 1.82) is 0 Å². The van der Waals surface area contributed by atoms with Crippen LogP contribution in [-0.4, -0.2) is 21.9 Å². The van der Waals surface area contributed by atoms with E-state index >= 15 is 0 Å². The van der Waals surface area contributed by atoms with Crippen molar-refractivity contribution in [3.8, 4) is 0 Å². The van der Waals surface area contributed by atoms with Gasteiger partial charge in [0, 0.05) is 12.7 Å². The number of nitrogens with zero attached hydrogens (tertiary/aromatic N) is 2. The third-order valence-corrected chi connectivity index (χ3v) is 2.15. The van der Waals surface area contributed by atoms with Crippen molar-refractivity contribution in [3.05, 3.63) is 18.6 Å². The molecule has 0 saturated heterocycles. The summed E-state index contributed by atoms with van der Waals surface area (Å²) in [7, 11) is 0. The lowest BCUT2D eigenvalue weighted by atomic mass is 10.1. The molecule has 78 valence electrons. The number of hydrogen-bond acceptors (Lipinski definition) is 3. The lowest BCUT2D eigenvalue weighted by Gasteiger charge is -2.12. The van der Waals surface area contributed by atoms with Gasteiger partial charge >= 0.3 is 0 Å². The zero-order valence-corrected chi connectivity index (χ0v) is 9.33. The van der Waals surface area contributed by atoms with Gasteiger partial charge in [-0.15, -0.1) is 11.6 Å². The third kappa shape index (κ3) is 4.42. The Morgan fingerprint density at radius 2 is 2.29 bits per heavy atom. The molecule has 1 rings (SSSR count). The highest BCUT2D eigenvalue weighted by Crippen LogP contribution is 2.11. The average Bonchev–Trinajstić information content (AvgIpc) is 2.15. The van der Waals surface area contributed by atoms with Gasteiger partial charge in [-0.05, 0) is 18.4 Å². The van der Waals surface area contributed by atoms with Gasteiger partial charge in [-0.3, -0.25) is 0 Å². The fourth-order valence-electron chi connectivity index (χ4n) is 1.21. The Kier molecular flexibility index (Phi) is 4.66. The molecule has 3 nitrogen and oxygen atoms in total. The largest absolute Gasteiger partial charge is 0.368 e. The van der Waals surface area contributed by atoms with E-state index < -0.39 is 0 Å². The molecule has 0 radical (unpaired) electrons. The lowest BCUT2D eigenvalue weighted by Crippen LogP contribution is -2.16. The number of rotatable bonds is 5. The summed E-state index contributed by atoms with van der Waals surface area (Å²) >= 11 is 6.12. The van der Waals surface area contributed by atoms with E-state index in [0.717, 1.165) is 18.8 Å². The summed E-state index contributed by atoms with van der Waals surface area (Å²) in [4.78, 5) is 7.89. The van der Waals surface area contributed by atoms with Crippen molar-refractivity contribution in [2.75, 3.05) is 11.9 Å². The van der Waals surface area contributed by atoms with Crippen LogP contribution >= 0.6 is 11.6 Å². The molecule has 0 amide bonds. The molecule has 1 unspecified atom stereocenters. The normalized spacial score (nSPS) is 12.9. The van der Waals surface area contributed by atoms with Crippen molar-refractivity contribution >= 4 is 17.4 Å². The first-order valence-corrected chi connectivity index (χ1v) is 5.26. The van der Waals surface area contributed by atoms with Gasteiger partial charge in [0.1, 0.15) is 12.1 Å². The average molecular weight is 214 g/mol. The summed E-state index contributed by atoms with van der Waals surface area (Å²) in [6.45, 7) is 5.08. The van der Waals surface area contributed by atoms with E-state index in [2.05, 4.69) is 29.1 Å². The predicted molar refractivity (Wildman–Crippen MR) is 59.6 cm³/mol. The second-order valence-corrected chi connectivity index (χ2v) is 4.32. The maximum atomic E-state index is 6.12. The monoisotopic (exact) mass is 213 g/mol. The molecule has 1 aromatic heterocycles. The van der Waals surface area contributed by atoms with Gasteiger partial charge in [0.15, 0.2) is 0 Å². The number of hydrogen-bond donors (Lipinski definition) is 1. The van der Waals surface area contributed by atoms with Crippen molar-refractivity contribution in [2.45, 2.75) is 25.6 Å². The Morgan fingerprint density at radius 1 is 1.50 bits per heavy atom. The van der Waals surface area contributed by atoms with Crippen LogP contribution < -0.4 is 5.32 Å². The molecule has 0 aliphatic rings. The minimum Gasteiger partial charge on any atom is -0.368 e. The van der Waals surface area contributed by atoms with Crippen LogP contribution in [0.4, 0.5) is 5.82 Å². The van der Waals surface area contributed by atoms with Gasteiger partial charge in [0.05, 0.1) is 5.38 Å². The number of aromatic nitrogens is 2. The molecular formula is C10H16ClN3. The van der Waals surface area contributed by atoms with Crippen LogP contribution in [0, 0.1) is 5.92 Å². The van der Waals surface area contributed by atoms with Crippen LogP contribution in [0.3, 0.4) is 0 Å². The standard InChI is InChI=1S/C10H16ClN3/c1-8(2)5-9(11)6-13-10-3-4-12-7-14-10/h3-4,7-9H,5-6H2,1-2H3,(H,12,13,14). The lowest BCUT2D eigenvalue weighted by molar-refractivity contribution is 0.572. The van der Waals surface area contributed by atoms with Gasteiger partial charge in [-0.1, -0.05) is 13.8 Å². The number of alkyl halides is 1. The van der Waals surface area contributed by atoms with Gasteiger partial charge in [-0.25, -0.2) is 9.97 Å². The van der Waals surface area contributed by atoms with Crippen LogP contribution in [-0.2, 0) is 0 Å². The maximum absolute atomic E-state index is 6.12. The molecule has 0 bridgehead atoms. The summed E-state index contributed by atoms with van der Waals surface area (Å²) in [6.07, 6.45) is 4.24. The zero-order chi connectivity index (χ0) is 10.4. The zero-order valence-electron chi connectivity index (χ0n) is 8.57. The molecule has 14 heavy (non-hydrogen) atoms. The van der Waals surface area contributed by atoms with Crippen LogP contribution in [0.1, 0.15) is 20.3 Å². The molecule has 1 N–H and O–H groups in total. The molecular weight excluding hydrogens is 198 g/mol. The molecule has 0 spiro atoms. The van der Waals surface area contributed by atoms with Crippen LogP contribution in [0.5, 0.6) is 0 Å². The van der Waals surface area contributed by atoms with Crippen molar-refractivity contribution < 1.29 is 0 Å². The molecule has 1 heterocycles. The van der Waals surface area contributed by atoms with E-state index in [1.807, 2.05) is 6.07 Å². The molecule has 0 aliphatic carbocycles. The van der Waals surface area contributed by atoms with Gasteiger partial charge in [-0.2, -0.15) is 0 Å². The summed E-state index contributed by atoms with van der Waals surface area (Å²) < 4.78 is 0. The Balaban J connectivity index is 2.27. The highest BCUT2D eigenvalue weighted by atomic mass is 35.5. The first-order chi connectivity index (χ1) is 6.68. The summed E-state index contributed by atoms with van der Waals surface area (Å²) in [5, 5.41) is 3.32. The SMILES string of the molecule is CC(C)CC(Cl)CNc1ccncn1. The summed E-state index contributed by atoms with van der Waals surface area (Å²) in [5.74, 6) is 1.46. The third-order valence-electron chi connectivity index (χ3n) is 1.81. The summed E-state index contributed by atoms with van der Waals surface area (Å²) in [6, 6.07) is 1.83. The highest BCUT2D eigenvalue weighted by molar-refractivity contribution is 6.20. The fraction of sp³-hybridized carbons (Fsp3) is 0.600. The quantitative estimate of drug-likeness (QED) is 0.764. The Hall–Kier alpha value is -0.830. The van der Waals surface area contributed by atoms with E-state index in [-0.39, 0.29) is 5.38 Å². The molecule has 1 atom stereocenters. The van der Waals surface area contributed by atoms with Gasteiger partial charge < -0.3 is 5.32 Å². The first-order valence-electron chi connectivity index (χ1n) is 4.82. The van der Waals surface area contributed by atoms with E-state index in [0.29, 0.717) is 5.92 Å². The molecule has 1 aromatic rings. The highest BCUT2D eigenvalue weighted by Gasteiger charge is 2.06. The van der Waals surface area contributed by atoms with Crippen LogP contribution in [0.2, 0.25) is 0 Å². The van der Waals surface area contributed by atoms with E-state index in [1.165, 1.54) is 6.33 Å².